The average Bonchev–Trinajstić information content (AvgIpc) is 2.09. The molecule has 2 nitrogen and oxygen atoms in total. The summed E-state index contributed by atoms with van der Waals surface area (Å²) < 4.78 is 0. The van der Waals surface area contributed by atoms with E-state index in [-0.39, 0.29) is 0 Å². The van der Waals surface area contributed by atoms with E-state index in [1.807, 2.05) is 38.1 Å². The Morgan fingerprint density at radius 3 is 2.77 bits per heavy atom. The standard InChI is InChI=1S/C11H14N2/c1-3-6-13-8-10-5-4-9(2)7-11(10)12/h3-8H,12H2,1-2H3/b6-3-,13-8-. The Hall–Kier alpha value is -1.57. The van der Waals surface area contributed by atoms with E-state index in [0.29, 0.717) is 0 Å². The molecule has 1 rings (SSSR count). The number of hydrogen-bond acceptors (Lipinski definition) is 2. The third-order valence-electron chi connectivity index (χ3n) is 1.69. The first-order valence-electron chi connectivity index (χ1n) is 4.24. The fraction of sp³-hybridized carbons (Fsp3) is 0.182. The third-order valence-corrected chi connectivity index (χ3v) is 1.69. The quantitative estimate of drug-likeness (QED) is 0.543. The Labute approximate surface area is 78.8 Å². The van der Waals surface area contributed by atoms with Gasteiger partial charge in [-0.25, -0.2) is 0 Å². The van der Waals surface area contributed by atoms with Crippen LogP contribution in [0.1, 0.15) is 18.1 Å². The molecule has 68 valence electrons. The normalized spacial score (nSPS) is 11.5. The second-order valence-corrected chi connectivity index (χ2v) is 2.89. The van der Waals surface area contributed by atoms with Gasteiger partial charge in [0.1, 0.15) is 0 Å². The Morgan fingerprint density at radius 1 is 1.38 bits per heavy atom. The summed E-state index contributed by atoms with van der Waals surface area (Å²) in [6.07, 6.45) is 5.37. The number of nitrogens with two attached hydrogens (primary N) is 1. The first kappa shape index (κ1) is 9.52. The zero-order valence-electron chi connectivity index (χ0n) is 7.99. The number of benzene rings is 1. The van der Waals surface area contributed by atoms with Gasteiger partial charge in [0.2, 0.25) is 0 Å². The summed E-state index contributed by atoms with van der Waals surface area (Å²) in [7, 11) is 0. The molecule has 0 aliphatic heterocycles. The van der Waals surface area contributed by atoms with Crippen molar-refractivity contribution in [3.05, 3.63) is 41.6 Å². The molecular formula is C11H14N2. The summed E-state index contributed by atoms with van der Waals surface area (Å²) in [6, 6.07) is 5.93. The van der Waals surface area contributed by atoms with Crippen LogP contribution in [0.5, 0.6) is 0 Å². The Bertz CT molecular complexity index is 338. The molecule has 0 spiro atoms. The van der Waals surface area contributed by atoms with Crippen LogP contribution in [0.3, 0.4) is 0 Å². The minimum Gasteiger partial charge on any atom is -0.398 e. The van der Waals surface area contributed by atoms with Gasteiger partial charge in [-0.2, -0.15) is 0 Å². The molecule has 0 aliphatic rings. The van der Waals surface area contributed by atoms with Gasteiger partial charge in [0.15, 0.2) is 0 Å². The van der Waals surface area contributed by atoms with E-state index in [1.165, 1.54) is 5.56 Å². The molecule has 0 saturated heterocycles. The lowest BCUT2D eigenvalue weighted by atomic mass is 10.1. The number of nitrogens with zero attached hydrogens (tertiary/aromatic N) is 1. The van der Waals surface area contributed by atoms with Crippen molar-refractivity contribution in [2.45, 2.75) is 13.8 Å². The Kier molecular flexibility index (Phi) is 3.26. The van der Waals surface area contributed by atoms with Crippen molar-refractivity contribution in [2.75, 3.05) is 5.73 Å². The smallest absolute Gasteiger partial charge is 0.0405 e. The van der Waals surface area contributed by atoms with Crippen molar-refractivity contribution in [2.24, 2.45) is 4.99 Å². The molecular weight excluding hydrogens is 160 g/mol. The monoisotopic (exact) mass is 174 g/mol. The minimum absolute atomic E-state index is 0.772. The highest BCUT2D eigenvalue weighted by Crippen LogP contribution is 2.11. The zero-order valence-corrected chi connectivity index (χ0v) is 7.99. The van der Waals surface area contributed by atoms with Gasteiger partial charge in [0, 0.05) is 23.7 Å². The van der Waals surface area contributed by atoms with Crippen LogP contribution in [0.25, 0.3) is 0 Å². The average molecular weight is 174 g/mol. The molecule has 0 saturated carbocycles. The lowest BCUT2D eigenvalue weighted by Gasteiger charge is -1.99. The molecule has 0 amide bonds. The first-order chi connectivity index (χ1) is 6.24. The van der Waals surface area contributed by atoms with Crippen LogP contribution in [0, 0.1) is 6.92 Å². The van der Waals surface area contributed by atoms with Crippen LogP contribution in [-0.4, -0.2) is 6.21 Å². The van der Waals surface area contributed by atoms with Gasteiger partial charge in [0.05, 0.1) is 0 Å². The van der Waals surface area contributed by atoms with E-state index in [9.17, 15) is 0 Å². The number of aryl methyl sites for hydroxylation is 1. The number of hydrogen-bond donors (Lipinski definition) is 1. The summed E-state index contributed by atoms with van der Waals surface area (Å²) in [5.74, 6) is 0. The van der Waals surface area contributed by atoms with E-state index >= 15 is 0 Å². The molecule has 0 radical (unpaired) electrons. The molecule has 2 heteroatoms. The predicted octanol–water partition coefficient (Wildman–Crippen LogP) is 2.53. The highest BCUT2D eigenvalue weighted by Gasteiger charge is 1.94. The molecule has 2 N–H and O–H groups in total. The van der Waals surface area contributed by atoms with Gasteiger partial charge in [-0.15, -0.1) is 0 Å². The van der Waals surface area contributed by atoms with Crippen LogP contribution >= 0.6 is 0 Å². The summed E-state index contributed by atoms with van der Waals surface area (Å²) in [5, 5.41) is 0. The minimum atomic E-state index is 0.772. The maximum Gasteiger partial charge on any atom is 0.0405 e. The molecule has 0 bridgehead atoms. The molecule has 13 heavy (non-hydrogen) atoms. The number of nitrogen functional groups attached to an aromatic ring is 1. The number of anilines is 1. The Balaban J connectivity index is 2.89. The van der Waals surface area contributed by atoms with Crippen LogP contribution in [-0.2, 0) is 0 Å². The molecule has 0 heterocycles. The molecule has 0 unspecified atom stereocenters. The summed E-state index contributed by atoms with van der Waals surface area (Å²) >= 11 is 0. The van der Waals surface area contributed by atoms with E-state index in [2.05, 4.69) is 4.99 Å². The molecule has 0 atom stereocenters. The van der Waals surface area contributed by atoms with Gasteiger partial charge in [0.25, 0.3) is 0 Å². The summed E-state index contributed by atoms with van der Waals surface area (Å²) in [4.78, 5) is 4.07. The lowest BCUT2D eigenvalue weighted by Crippen LogP contribution is -1.93. The predicted molar refractivity (Wildman–Crippen MR) is 58.0 cm³/mol. The van der Waals surface area contributed by atoms with Crippen molar-refractivity contribution in [3.63, 3.8) is 0 Å². The van der Waals surface area contributed by atoms with E-state index in [4.69, 9.17) is 5.73 Å². The van der Waals surface area contributed by atoms with Crippen molar-refractivity contribution in [1.29, 1.82) is 0 Å². The molecule has 0 aliphatic carbocycles. The summed E-state index contributed by atoms with van der Waals surface area (Å²) in [6.45, 7) is 3.94. The van der Waals surface area contributed by atoms with Crippen molar-refractivity contribution in [1.82, 2.24) is 0 Å². The number of rotatable bonds is 2. The molecule has 0 fully saturated rings. The van der Waals surface area contributed by atoms with Gasteiger partial charge in [-0.1, -0.05) is 18.2 Å². The maximum atomic E-state index is 5.79. The largest absolute Gasteiger partial charge is 0.398 e. The number of aliphatic imine (C=N–C) groups is 1. The van der Waals surface area contributed by atoms with Gasteiger partial charge >= 0.3 is 0 Å². The topological polar surface area (TPSA) is 38.4 Å². The zero-order chi connectivity index (χ0) is 9.68. The van der Waals surface area contributed by atoms with Gasteiger partial charge in [-0.05, 0) is 25.5 Å². The van der Waals surface area contributed by atoms with E-state index in [0.717, 1.165) is 11.3 Å². The fourth-order valence-electron chi connectivity index (χ4n) is 1.02. The SMILES string of the molecule is C/C=C\N=C/c1ccc(C)cc1N. The highest BCUT2D eigenvalue weighted by atomic mass is 14.7. The van der Waals surface area contributed by atoms with Crippen LogP contribution in [0.15, 0.2) is 35.5 Å². The van der Waals surface area contributed by atoms with Crippen LogP contribution in [0.4, 0.5) is 5.69 Å². The third kappa shape index (κ3) is 2.75. The lowest BCUT2D eigenvalue weighted by molar-refractivity contribution is 1.46. The maximum absolute atomic E-state index is 5.79. The van der Waals surface area contributed by atoms with Crippen LogP contribution < -0.4 is 5.73 Å². The van der Waals surface area contributed by atoms with Gasteiger partial charge in [-0.3, -0.25) is 4.99 Å². The van der Waals surface area contributed by atoms with Crippen molar-refractivity contribution < 1.29 is 0 Å². The molecule has 1 aromatic rings. The van der Waals surface area contributed by atoms with Gasteiger partial charge < -0.3 is 5.73 Å². The first-order valence-corrected chi connectivity index (χ1v) is 4.24. The molecule has 1 aromatic carbocycles. The molecule has 0 aromatic heterocycles. The van der Waals surface area contributed by atoms with Crippen LogP contribution in [0.2, 0.25) is 0 Å². The summed E-state index contributed by atoms with van der Waals surface area (Å²) in [5.41, 5.74) is 8.69. The van der Waals surface area contributed by atoms with Crippen molar-refractivity contribution in [3.8, 4) is 0 Å². The second-order valence-electron chi connectivity index (χ2n) is 2.89. The van der Waals surface area contributed by atoms with E-state index < -0.39 is 0 Å². The Morgan fingerprint density at radius 2 is 2.15 bits per heavy atom. The van der Waals surface area contributed by atoms with E-state index in [1.54, 1.807) is 12.4 Å². The number of allylic oxidation sites excluding steroid dienone is 1. The van der Waals surface area contributed by atoms with Crippen molar-refractivity contribution >= 4 is 11.9 Å². The highest BCUT2D eigenvalue weighted by molar-refractivity contribution is 5.87. The second kappa shape index (κ2) is 4.45. The fourth-order valence-corrected chi connectivity index (χ4v) is 1.02.